The van der Waals surface area contributed by atoms with Gasteiger partial charge in [0.15, 0.2) is 0 Å². The van der Waals surface area contributed by atoms with Gasteiger partial charge in [0, 0.05) is 43.7 Å². The third kappa shape index (κ3) is 4.95. The lowest BCUT2D eigenvalue weighted by Gasteiger charge is -2.43. The second kappa shape index (κ2) is 13.7. The van der Waals surface area contributed by atoms with Gasteiger partial charge in [-0.25, -0.2) is 0 Å². The van der Waals surface area contributed by atoms with E-state index in [0.717, 1.165) is 5.69 Å². The van der Waals surface area contributed by atoms with Gasteiger partial charge in [-0.3, -0.25) is 0 Å². The second-order valence-corrected chi connectivity index (χ2v) is 19.1. The molecule has 4 heteroatoms. The average molecular weight is 845 g/mol. The van der Waals surface area contributed by atoms with Crippen LogP contribution in [-0.4, -0.2) is 6.71 Å². The fraction of sp³-hybridized carbons (Fsp3) is 0.0492. The topological polar surface area (TPSA) is 6.48 Å². The molecule has 0 unspecified atom stereocenters. The van der Waals surface area contributed by atoms with Gasteiger partial charge in [0.25, 0.3) is 6.71 Å². The number of fused-ring (bicyclic) bond motifs is 15. The predicted molar refractivity (Wildman–Crippen MR) is 275 cm³/mol. The van der Waals surface area contributed by atoms with Gasteiger partial charge in [0.05, 0.1) is 11.1 Å². The number of anilines is 6. The number of hydrogen-bond donors (Lipinski definition) is 0. The fourth-order valence-corrected chi connectivity index (χ4v) is 13.7. The fourth-order valence-electron chi connectivity index (χ4n) is 12.0. The first-order chi connectivity index (χ1) is 32.1. The van der Waals surface area contributed by atoms with Crippen LogP contribution in [0.4, 0.5) is 34.1 Å². The smallest absolute Gasteiger partial charge is 0.264 e. The van der Waals surface area contributed by atoms with Crippen molar-refractivity contribution in [2.45, 2.75) is 19.3 Å². The summed E-state index contributed by atoms with van der Waals surface area (Å²) in [7, 11) is 0. The van der Waals surface area contributed by atoms with Gasteiger partial charge in [-0.05, 0) is 128 Å². The molecule has 0 atom stereocenters. The van der Waals surface area contributed by atoms with E-state index in [0.29, 0.717) is 0 Å². The molecule has 3 heterocycles. The molecule has 0 fully saturated rings. The van der Waals surface area contributed by atoms with Crippen LogP contribution in [0.15, 0.2) is 212 Å². The highest BCUT2D eigenvalue weighted by Gasteiger charge is 2.56. The van der Waals surface area contributed by atoms with Crippen LogP contribution in [0.5, 0.6) is 0 Å². The van der Waals surface area contributed by atoms with E-state index in [2.05, 4.69) is 236 Å². The maximum atomic E-state index is 2.62. The molecule has 0 bridgehead atoms. The molecule has 0 N–H and O–H groups in total. The molecule has 9 aromatic carbocycles. The van der Waals surface area contributed by atoms with E-state index in [9.17, 15) is 0 Å². The van der Waals surface area contributed by atoms with Crippen molar-refractivity contribution in [1.29, 1.82) is 0 Å². The number of nitrogens with zero attached hydrogens (tertiary/aromatic N) is 2. The molecule has 10 aromatic rings. The van der Waals surface area contributed by atoms with Crippen molar-refractivity contribution in [3.05, 3.63) is 245 Å². The van der Waals surface area contributed by atoms with E-state index in [1.165, 1.54) is 121 Å². The highest BCUT2D eigenvalue weighted by Crippen LogP contribution is 2.67. The first kappa shape index (κ1) is 36.8. The Morgan fingerprint density at radius 2 is 0.969 bits per heavy atom. The number of aryl methyl sites for hydroxylation is 2. The van der Waals surface area contributed by atoms with Crippen LogP contribution in [0.1, 0.15) is 32.7 Å². The third-order valence-corrected chi connectivity index (χ3v) is 15.9. The molecule has 0 radical (unpaired) electrons. The van der Waals surface area contributed by atoms with Crippen LogP contribution in [0, 0.1) is 13.8 Å². The maximum absolute atomic E-state index is 2.62. The summed E-state index contributed by atoms with van der Waals surface area (Å²) in [5.41, 5.74) is 26.5. The summed E-state index contributed by atoms with van der Waals surface area (Å²) < 4.78 is 1.40. The Labute approximate surface area is 384 Å². The molecule has 0 saturated heterocycles. The Morgan fingerprint density at radius 1 is 0.415 bits per heavy atom. The molecule has 304 valence electrons. The summed E-state index contributed by atoms with van der Waals surface area (Å²) in [5, 5.41) is 0. The van der Waals surface area contributed by atoms with Crippen molar-refractivity contribution in [1.82, 2.24) is 0 Å². The highest BCUT2D eigenvalue weighted by molar-refractivity contribution is 7.30. The predicted octanol–water partition coefficient (Wildman–Crippen LogP) is 14.1. The van der Waals surface area contributed by atoms with Gasteiger partial charge < -0.3 is 9.80 Å². The summed E-state index contributed by atoms with van der Waals surface area (Å²) in [6, 6.07) is 79.8. The Kier molecular flexibility index (Phi) is 7.74. The summed E-state index contributed by atoms with van der Waals surface area (Å²) >= 11 is 2.05. The standard InChI is InChI=1S/C61H41BN2S/c1-38-30-32-44(40-18-6-3-7-19-40)48(34-38)41-31-33-52-53(37-41)63(42-20-8-4-9-21-42)54-35-39(2)36-55-57(54)62(52)60-58(64(55)43-22-10-5-11-23-43)56-47-26-14-17-29-51(47)61(59(56)65-60)49-27-15-12-24-45(49)46-25-13-16-28-50(46)61/h3-37H,1-2H3. The van der Waals surface area contributed by atoms with Gasteiger partial charge >= 0.3 is 0 Å². The van der Waals surface area contributed by atoms with Gasteiger partial charge in [-0.1, -0.05) is 175 Å². The van der Waals surface area contributed by atoms with Crippen LogP contribution in [0.3, 0.4) is 0 Å². The number of thiophene rings is 1. The van der Waals surface area contributed by atoms with Crippen LogP contribution in [0.2, 0.25) is 0 Å². The lowest BCUT2D eigenvalue weighted by Crippen LogP contribution is -2.60. The summed E-state index contributed by atoms with van der Waals surface area (Å²) in [4.78, 5) is 6.59. The molecule has 2 nitrogen and oxygen atoms in total. The minimum atomic E-state index is -0.440. The number of rotatable bonds is 4. The van der Waals surface area contributed by atoms with Crippen molar-refractivity contribution in [3.8, 4) is 44.5 Å². The average Bonchev–Trinajstić information content (AvgIpc) is 3.98. The van der Waals surface area contributed by atoms with E-state index in [1.54, 1.807) is 0 Å². The molecule has 14 rings (SSSR count). The van der Waals surface area contributed by atoms with Gasteiger partial charge in [-0.2, -0.15) is 0 Å². The molecule has 65 heavy (non-hydrogen) atoms. The minimum Gasteiger partial charge on any atom is -0.311 e. The quantitative estimate of drug-likeness (QED) is 0.163. The first-order valence-electron chi connectivity index (χ1n) is 22.7. The van der Waals surface area contributed by atoms with Crippen molar-refractivity contribution >= 4 is 67.9 Å². The van der Waals surface area contributed by atoms with Crippen LogP contribution in [0.25, 0.3) is 44.5 Å². The number of hydrogen-bond acceptors (Lipinski definition) is 3. The lowest BCUT2D eigenvalue weighted by molar-refractivity contribution is 0.811. The molecular weight excluding hydrogens is 804 g/mol. The summed E-state index contributed by atoms with van der Waals surface area (Å²) in [6.45, 7) is 4.47. The van der Waals surface area contributed by atoms with E-state index < -0.39 is 5.41 Å². The minimum absolute atomic E-state index is 0.00243. The van der Waals surface area contributed by atoms with E-state index in [4.69, 9.17) is 0 Å². The molecular formula is C61H41BN2S. The van der Waals surface area contributed by atoms with E-state index in [-0.39, 0.29) is 6.71 Å². The summed E-state index contributed by atoms with van der Waals surface area (Å²) in [6.07, 6.45) is 0. The monoisotopic (exact) mass is 844 g/mol. The molecule has 2 aliphatic carbocycles. The van der Waals surface area contributed by atoms with Crippen LogP contribution in [-0.2, 0) is 5.41 Å². The van der Waals surface area contributed by atoms with Gasteiger partial charge in [0.1, 0.15) is 0 Å². The van der Waals surface area contributed by atoms with Gasteiger partial charge in [-0.15, -0.1) is 11.3 Å². The molecule has 1 spiro atoms. The number of para-hydroxylation sites is 2. The number of benzene rings is 9. The zero-order valence-electron chi connectivity index (χ0n) is 36.1. The van der Waals surface area contributed by atoms with Crippen LogP contribution < -0.4 is 25.5 Å². The Morgan fingerprint density at radius 3 is 1.63 bits per heavy atom. The molecule has 0 amide bonds. The first-order valence-corrected chi connectivity index (χ1v) is 23.5. The Hall–Kier alpha value is -7.66. The molecule has 1 aromatic heterocycles. The van der Waals surface area contributed by atoms with Crippen molar-refractivity contribution in [3.63, 3.8) is 0 Å². The summed E-state index contributed by atoms with van der Waals surface area (Å²) in [5.74, 6) is 0. The van der Waals surface area contributed by atoms with Crippen molar-refractivity contribution in [2.75, 3.05) is 9.80 Å². The van der Waals surface area contributed by atoms with E-state index in [1.807, 2.05) is 11.3 Å². The molecule has 0 saturated carbocycles. The zero-order valence-corrected chi connectivity index (χ0v) is 36.9. The normalized spacial score (nSPS) is 14.0. The molecule has 2 aliphatic heterocycles. The lowest BCUT2D eigenvalue weighted by atomic mass is 9.36. The highest BCUT2D eigenvalue weighted by atomic mass is 32.1. The van der Waals surface area contributed by atoms with E-state index >= 15 is 0 Å². The largest absolute Gasteiger partial charge is 0.311 e. The van der Waals surface area contributed by atoms with Crippen molar-refractivity contribution < 1.29 is 0 Å². The third-order valence-electron chi connectivity index (χ3n) is 14.5. The van der Waals surface area contributed by atoms with Crippen LogP contribution >= 0.6 is 11.3 Å². The zero-order chi connectivity index (χ0) is 43.0. The Balaban J connectivity index is 1.10. The maximum Gasteiger partial charge on any atom is 0.264 e. The SMILES string of the molecule is Cc1ccc(-c2ccccc2)c(-c2ccc3c(c2)N(c2ccccc2)c2cc(C)cc4c2B3c2sc3c(c2N4c2ccccc2)-c2ccccc2C32c3ccccc3-c3ccccc32)c1. The Bertz CT molecular complexity index is 3550. The van der Waals surface area contributed by atoms with Gasteiger partial charge in [0.2, 0.25) is 0 Å². The van der Waals surface area contributed by atoms with Crippen molar-refractivity contribution in [2.24, 2.45) is 0 Å². The second-order valence-electron chi connectivity index (χ2n) is 18.1. The molecule has 4 aliphatic rings.